The lowest BCUT2D eigenvalue weighted by Crippen LogP contribution is -2.21. The summed E-state index contributed by atoms with van der Waals surface area (Å²) in [5.74, 6) is 2.33. The van der Waals surface area contributed by atoms with E-state index in [1.807, 2.05) is 11.3 Å². The van der Waals surface area contributed by atoms with Crippen molar-refractivity contribution in [2.45, 2.75) is 65.2 Å². The predicted molar refractivity (Wildman–Crippen MR) is 86.3 cm³/mol. The van der Waals surface area contributed by atoms with Crippen molar-refractivity contribution < 1.29 is 0 Å². The van der Waals surface area contributed by atoms with Gasteiger partial charge in [-0.2, -0.15) is 0 Å². The molecule has 1 aliphatic carbocycles. The molecule has 0 aromatic carbocycles. The van der Waals surface area contributed by atoms with Crippen molar-refractivity contribution in [1.29, 1.82) is 0 Å². The molecular weight excluding hydrogens is 266 g/mol. The first-order valence-corrected chi connectivity index (χ1v) is 8.99. The SMILES string of the molecule is CC(C)CNCCCc1nnc(C2CCC(C)CC2)s1. The second-order valence-electron chi connectivity index (χ2n) is 6.69. The first-order valence-electron chi connectivity index (χ1n) is 8.18. The molecule has 0 aliphatic heterocycles. The Morgan fingerprint density at radius 1 is 1.20 bits per heavy atom. The molecule has 0 atom stereocenters. The van der Waals surface area contributed by atoms with Gasteiger partial charge in [0.25, 0.3) is 0 Å². The van der Waals surface area contributed by atoms with Crippen LogP contribution in [0.3, 0.4) is 0 Å². The highest BCUT2D eigenvalue weighted by molar-refractivity contribution is 7.11. The Kier molecular flexibility index (Phi) is 6.43. The van der Waals surface area contributed by atoms with E-state index in [1.54, 1.807) is 0 Å². The molecule has 1 aromatic rings. The molecule has 1 heterocycles. The third kappa shape index (κ3) is 5.13. The van der Waals surface area contributed by atoms with Crippen molar-refractivity contribution in [3.8, 4) is 0 Å². The number of nitrogens with zero attached hydrogens (tertiary/aromatic N) is 2. The Morgan fingerprint density at radius 3 is 2.65 bits per heavy atom. The highest BCUT2D eigenvalue weighted by atomic mass is 32.1. The lowest BCUT2D eigenvalue weighted by Gasteiger charge is -2.23. The Morgan fingerprint density at radius 2 is 1.95 bits per heavy atom. The molecule has 1 fully saturated rings. The topological polar surface area (TPSA) is 37.8 Å². The van der Waals surface area contributed by atoms with Gasteiger partial charge in [0.1, 0.15) is 10.0 Å². The van der Waals surface area contributed by atoms with E-state index in [4.69, 9.17) is 0 Å². The molecule has 20 heavy (non-hydrogen) atoms. The van der Waals surface area contributed by atoms with E-state index in [0.29, 0.717) is 5.92 Å². The van der Waals surface area contributed by atoms with Crippen LogP contribution >= 0.6 is 11.3 Å². The van der Waals surface area contributed by atoms with Gasteiger partial charge in [-0.05, 0) is 44.2 Å². The van der Waals surface area contributed by atoms with Gasteiger partial charge >= 0.3 is 0 Å². The Bertz CT molecular complexity index is 381. The molecule has 0 amide bonds. The van der Waals surface area contributed by atoms with E-state index in [9.17, 15) is 0 Å². The van der Waals surface area contributed by atoms with Crippen LogP contribution in [-0.2, 0) is 6.42 Å². The van der Waals surface area contributed by atoms with Crippen molar-refractivity contribution in [3.63, 3.8) is 0 Å². The molecule has 0 spiro atoms. The molecule has 0 saturated heterocycles. The maximum atomic E-state index is 4.44. The van der Waals surface area contributed by atoms with Crippen LogP contribution in [0, 0.1) is 11.8 Å². The van der Waals surface area contributed by atoms with Gasteiger partial charge in [-0.3, -0.25) is 0 Å². The third-order valence-corrected chi connectivity index (χ3v) is 5.29. The summed E-state index contributed by atoms with van der Waals surface area (Å²) in [7, 11) is 0. The molecule has 0 unspecified atom stereocenters. The van der Waals surface area contributed by atoms with Gasteiger partial charge in [-0.15, -0.1) is 21.5 Å². The molecule has 4 heteroatoms. The maximum Gasteiger partial charge on any atom is 0.120 e. The standard InChI is InChI=1S/C16H29N3S/c1-12(2)11-17-10-4-5-15-18-19-16(20-15)14-8-6-13(3)7-9-14/h12-14,17H,4-11H2,1-3H3. The normalized spacial score (nSPS) is 23.4. The van der Waals surface area contributed by atoms with Gasteiger partial charge in [0.15, 0.2) is 0 Å². The van der Waals surface area contributed by atoms with Crippen LogP contribution < -0.4 is 5.32 Å². The summed E-state index contributed by atoms with van der Waals surface area (Å²) in [6, 6.07) is 0. The van der Waals surface area contributed by atoms with Gasteiger partial charge in [-0.1, -0.05) is 33.6 Å². The summed E-state index contributed by atoms with van der Waals surface area (Å²) in [6.45, 7) is 9.06. The van der Waals surface area contributed by atoms with E-state index < -0.39 is 0 Å². The van der Waals surface area contributed by atoms with Crippen LogP contribution in [0.4, 0.5) is 0 Å². The molecule has 1 N–H and O–H groups in total. The smallest absolute Gasteiger partial charge is 0.120 e. The zero-order valence-electron chi connectivity index (χ0n) is 13.2. The summed E-state index contributed by atoms with van der Waals surface area (Å²) in [5.41, 5.74) is 0. The van der Waals surface area contributed by atoms with Gasteiger partial charge in [0, 0.05) is 12.3 Å². The summed E-state index contributed by atoms with van der Waals surface area (Å²) in [5, 5.41) is 14.8. The molecule has 114 valence electrons. The first-order chi connectivity index (χ1) is 9.65. The monoisotopic (exact) mass is 295 g/mol. The molecule has 2 rings (SSSR count). The van der Waals surface area contributed by atoms with E-state index in [1.165, 1.54) is 42.1 Å². The van der Waals surface area contributed by atoms with E-state index in [0.717, 1.165) is 31.3 Å². The Balaban J connectivity index is 1.69. The zero-order valence-corrected chi connectivity index (χ0v) is 14.0. The van der Waals surface area contributed by atoms with Crippen molar-refractivity contribution >= 4 is 11.3 Å². The van der Waals surface area contributed by atoms with E-state index in [-0.39, 0.29) is 0 Å². The molecule has 0 bridgehead atoms. The van der Waals surface area contributed by atoms with Crippen LogP contribution in [0.2, 0.25) is 0 Å². The number of hydrogen-bond acceptors (Lipinski definition) is 4. The fraction of sp³-hybridized carbons (Fsp3) is 0.875. The number of rotatable bonds is 7. The second-order valence-corrected chi connectivity index (χ2v) is 7.79. The third-order valence-electron chi connectivity index (χ3n) is 4.14. The average Bonchev–Trinajstić information content (AvgIpc) is 2.87. The van der Waals surface area contributed by atoms with Crippen LogP contribution in [0.25, 0.3) is 0 Å². The fourth-order valence-corrected chi connectivity index (χ4v) is 3.85. The van der Waals surface area contributed by atoms with Crippen molar-refractivity contribution in [2.75, 3.05) is 13.1 Å². The summed E-state index contributed by atoms with van der Waals surface area (Å²) in [6.07, 6.45) is 7.59. The Hall–Kier alpha value is -0.480. The zero-order chi connectivity index (χ0) is 14.4. The van der Waals surface area contributed by atoms with Crippen molar-refractivity contribution in [1.82, 2.24) is 15.5 Å². The Labute approximate surface area is 127 Å². The molecule has 3 nitrogen and oxygen atoms in total. The van der Waals surface area contributed by atoms with E-state index in [2.05, 4.69) is 36.3 Å². The quantitative estimate of drug-likeness (QED) is 0.772. The van der Waals surface area contributed by atoms with Crippen LogP contribution in [0.15, 0.2) is 0 Å². The van der Waals surface area contributed by atoms with Gasteiger partial charge in [0.05, 0.1) is 0 Å². The first kappa shape index (κ1) is 15.9. The number of hydrogen-bond donors (Lipinski definition) is 1. The average molecular weight is 295 g/mol. The predicted octanol–water partition coefficient (Wildman–Crippen LogP) is 4.01. The minimum absolute atomic E-state index is 0.691. The van der Waals surface area contributed by atoms with Crippen molar-refractivity contribution in [2.24, 2.45) is 11.8 Å². The van der Waals surface area contributed by atoms with Crippen LogP contribution in [0.1, 0.15) is 68.8 Å². The second kappa shape index (κ2) is 8.08. The minimum Gasteiger partial charge on any atom is -0.316 e. The van der Waals surface area contributed by atoms with Crippen LogP contribution in [-0.4, -0.2) is 23.3 Å². The van der Waals surface area contributed by atoms with Gasteiger partial charge < -0.3 is 5.32 Å². The van der Waals surface area contributed by atoms with Gasteiger partial charge in [-0.25, -0.2) is 0 Å². The molecule has 1 aliphatic rings. The summed E-state index contributed by atoms with van der Waals surface area (Å²) in [4.78, 5) is 0. The highest BCUT2D eigenvalue weighted by Gasteiger charge is 2.22. The lowest BCUT2D eigenvalue weighted by atomic mass is 9.83. The maximum absolute atomic E-state index is 4.44. The van der Waals surface area contributed by atoms with Crippen LogP contribution in [0.5, 0.6) is 0 Å². The molecule has 1 aromatic heterocycles. The number of aryl methyl sites for hydroxylation is 1. The van der Waals surface area contributed by atoms with Crippen molar-refractivity contribution in [3.05, 3.63) is 10.0 Å². The van der Waals surface area contributed by atoms with E-state index >= 15 is 0 Å². The minimum atomic E-state index is 0.691. The number of aromatic nitrogens is 2. The molecule has 0 radical (unpaired) electrons. The molecular formula is C16H29N3S. The molecule has 1 saturated carbocycles. The lowest BCUT2D eigenvalue weighted by molar-refractivity contribution is 0.346. The largest absolute Gasteiger partial charge is 0.316 e. The highest BCUT2D eigenvalue weighted by Crippen LogP contribution is 2.36. The summed E-state index contributed by atoms with van der Waals surface area (Å²) >= 11 is 1.85. The number of nitrogens with one attached hydrogen (secondary N) is 1. The fourth-order valence-electron chi connectivity index (χ4n) is 2.79. The van der Waals surface area contributed by atoms with Gasteiger partial charge in [0.2, 0.25) is 0 Å². The summed E-state index contributed by atoms with van der Waals surface area (Å²) < 4.78 is 0.